The van der Waals surface area contributed by atoms with Gasteiger partial charge in [0.2, 0.25) is 29.5 Å². The van der Waals surface area contributed by atoms with Gasteiger partial charge in [-0.1, -0.05) is 13.8 Å². The van der Waals surface area contributed by atoms with Crippen molar-refractivity contribution in [3.05, 3.63) is 0 Å². The number of aliphatic carboxylic acids is 1. The molecule has 1 saturated heterocycles. The monoisotopic (exact) mass is 471 g/mol. The number of nitrogens with one attached hydrogen (secondary N) is 3. The van der Waals surface area contributed by atoms with Crippen molar-refractivity contribution in [1.29, 1.82) is 0 Å². The average Bonchev–Trinajstić information content (AvgIpc) is 3.21. The van der Waals surface area contributed by atoms with Gasteiger partial charge in [0.15, 0.2) is 0 Å². The molecule has 7 N–H and O–H groups in total. The zero-order valence-corrected chi connectivity index (χ0v) is 19.0. The lowest BCUT2D eigenvalue weighted by molar-refractivity contribution is -0.144. The third-order valence-corrected chi connectivity index (χ3v) is 5.24. The van der Waals surface area contributed by atoms with Crippen LogP contribution in [0.25, 0.3) is 0 Å². The Kier molecular flexibility index (Phi) is 10.7. The highest BCUT2D eigenvalue weighted by Gasteiger charge is 2.39. The third-order valence-electron chi connectivity index (χ3n) is 5.24. The van der Waals surface area contributed by atoms with Gasteiger partial charge in [0, 0.05) is 19.9 Å². The van der Waals surface area contributed by atoms with Crippen molar-refractivity contribution in [2.75, 3.05) is 13.2 Å². The van der Waals surface area contributed by atoms with Gasteiger partial charge >= 0.3 is 5.97 Å². The maximum absolute atomic E-state index is 12.9. The van der Waals surface area contributed by atoms with Gasteiger partial charge in [-0.3, -0.25) is 24.0 Å². The SMILES string of the molecule is CC(=O)N[C@@H](CO)C(=O)N1CCC[C@H]1C(=O)N[C@H](C(=O)N[C@@H](CCC(N)=O)C(=O)O)C(C)C. The Hall–Kier alpha value is -3.22. The van der Waals surface area contributed by atoms with Gasteiger partial charge in [-0.15, -0.1) is 0 Å². The van der Waals surface area contributed by atoms with Crippen LogP contribution < -0.4 is 21.7 Å². The van der Waals surface area contributed by atoms with Crippen molar-refractivity contribution in [2.45, 2.75) is 70.6 Å². The van der Waals surface area contributed by atoms with Crippen LogP contribution in [0.5, 0.6) is 0 Å². The number of hydrogen-bond acceptors (Lipinski definition) is 7. The number of rotatable bonds is 12. The number of hydrogen-bond donors (Lipinski definition) is 6. The summed E-state index contributed by atoms with van der Waals surface area (Å²) in [6.45, 7) is 4.10. The Bertz CT molecular complexity index is 772. The Morgan fingerprint density at radius 1 is 1.06 bits per heavy atom. The highest BCUT2D eigenvalue weighted by Crippen LogP contribution is 2.19. The first-order chi connectivity index (χ1) is 15.4. The summed E-state index contributed by atoms with van der Waals surface area (Å²) in [6, 6.07) is -4.58. The molecule has 0 aromatic carbocycles. The van der Waals surface area contributed by atoms with Gasteiger partial charge in [-0.2, -0.15) is 0 Å². The molecule has 0 aromatic heterocycles. The first-order valence-electron chi connectivity index (χ1n) is 10.7. The molecule has 1 aliphatic rings. The molecule has 1 heterocycles. The average molecular weight is 472 g/mol. The Balaban J connectivity index is 2.91. The van der Waals surface area contributed by atoms with Crippen LogP contribution in [0.2, 0.25) is 0 Å². The minimum atomic E-state index is -1.37. The van der Waals surface area contributed by atoms with E-state index in [0.29, 0.717) is 12.8 Å². The molecule has 4 atom stereocenters. The summed E-state index contributed by atoms with van der Waals surface area (Å²) in [5.41, 5.74) is 5.04. The van der Waals surface area contributed by atoms with Crippen LogP contribution in [-0.2, 0) is 28.8 Å². The summed E-state index contributed by atoms with van der Waals surface area (Å²) >= 11 is 0. The minimum Gasteiger partial charge on any atom is -0.480 e. The van der Waals surface area contributed by atoms with Crippen molar-refractivity contribution >= 4 is 35.5 Å². The number of carboxylic acids is 1. The number of primary amides is 1. The molecule has 1 fully saturated rings. The fourth-order valence-electron chi connectivity index (χ4n) is 3.52. The molecule has 13 nitrogen and oxygen atoms in total. The van der Waals surface area contributed by atoms with Crippen LogP contribution in [-0.4, -0.2) is 87.9 Å². The van der Waals surface area contributed by atoms with Crippen molar-refractivity contribution in [3.63, 3.8) is 0 Å². The molecule has 0 radical (unpaired) electrons. The first-order valence-corrected chi connectivity index (χ1v) is 10.7. The fraction of sp³-hybridized carbons (Fsp3) is 0.700. The lowest BCUT2D eigenvalue weighted by atomic mass is 10.0. The van der Waals surface area contributed by atoms with Gasteiger partial charge in [0.05, 0.1) is 6.61 Å². The normalized spacial score (nSPS) is 18.2. The molecule has 0 unspecified atom stereocenters. The highest BCUT2D eigenvalue weighted by atomic mass is 16.4. The summed E-state index contributed by atoms with van der Waals surface area (Å²) < 4.78 is 0. The van der Waals surface area contributed by atoms with Crippen molar-refractivity contribution in [3.8, 4) is 0 Å². The van der Waals surface area contributed by atoms with Gasteiger partial charge in [-0.05, 0) is 25.2 Å². The van der Waals surface area contributed by atoms with E-state index >= 15 is 0 Å². The highest BCUT2D eigenvalue weighted by molar-refractivity contribution is 5.95. The lowest BCUT2D eigenvalue weighted by Crippen LogP contribution is -2.58. The zero-order valence-electron chi connectivity index (χ0n) is 19.0. The molecule has 186 valence electrons. The number of aliphatic hydroxyl groups is 1. The van der Waals surface area contributed by atoms with E-state index in [1.54, 1.807) is 13.8 Å². The molecule has 13 heteroatoms. The molecule has 0 bridgehead atoms. The van der Waals surface area contributed by atoms with Crippen molar-refractivity contribution in [2.24, 2.45) is 11.7 Å². The predicted octanol–water partition coefficient (Wildman–Crippen LogP) is -2.55. The largest absolute Gasteiger partial charge is 0.480 e. The van der Waals surface area contributed by atoms with Crippen LogP contribution in [0.3, 0.4) is 0 Å². The molecule has 0 saturated carbocycles. The predicted molar refractivity (Wildman–Crippen MR) is 114 cm³/mol. The number of aliphatic hydroxyl groups excluding tert-OH is 1. The second kappa shape index (κ2) is 12.7. The summed E-state index contributed by atoms with van der Waals surface area (Å²) in [6.07, 6.45) is 0.384. The van der Waals surface area contributed by atoms with E-state index in [9.17, 15) is 39.0 Å². The van der Waals surface area contributed by atoms with Crippen LogP contribution in [0.15, 0.2) is 0 Å². The second-order valence-corrected chi connectivity index (χ2v) is 8.26. The first kappa shape index (κ1) is 27.8. The smallest absolute Gasteiger partial charge is 0.326 e. The van der Waals surface area contributed by atoms with E-state index in [4.69, 9.17) is 5.73 Å². The fourth-order valence-corrected chi connectivity index (χ4v) is 3.52. The molecule has 33 heavy (non-hydrogen) atoms. The summed E-state index contributed by atoms with van der Waals surface area (Å²) in [7, 11) is 0. The number of nitrogens with zero attached hydrogens (tertiary/aromatic N) is 1. The molecular formula is C20H33N5O8. The number of amides is 5. The van der Waals surface area contributed by atoms with Gasteiger partial charge in [0.25, 0.3) is 0 Å². The van der Waals surface area contributed by atoms with E-state index in [1.807, 2.05) is 0 Å². The maximum Gasteiger partial charge on any atom is 0.326 e. The molecule has 5 amide bonds. The lowest BCUT2D eigenvalue weighted by Gasteiger charge is -2.30. The molecule has 0 aromatic rings. The van der Waals surface area contributed by atoms with Crippen LogP contribution in [0.1, 0.15) is 46.5 Å². The van der Waals surface area contributed by atoms with E-state index in [-0.39, 0.29) is 19.4 Å². The van der Waals surface area contributed by atoms with Crippen molar-refractivity contribution in [1.82, 2.24) is 20.9 Å². The molecule has 0 aliphatic carbocycles. The molecule has 1 aliphatic heterocycles. The Morgan fingerprint density at radius 3 is 2.18 bits per heavy atom. The second-order valence-electron chi connectivity index (χ2n) is 8.26. The molecule has 1 rings (SSSR count). The maximum atomic E-state index is 12.9. The van der Waals surface area contributed by atoms with Crippen LogP contribution in [0, 0.1) is 5.92 Å². The Labute approximate surface area is 191 Å². The number of carbonyl (C=O) groups excluding carboxylic acids is 5. The quantitative estimate of drug-likeness (QED) is 0.178. The minimum absolute atomic E-state index is 0.203. The van der Waals surface area contributed by atoms with E-state index in [1.165, 1.54) is 11.8 Å². The van der Waals surface area contributed by atoms with Gasteiger partial charge in [0.1, 0.15) is 24.2 Å². The topological polar surface area (TPSA) is 208 Å². The molecule has 0 spiro atoms. The third kappa shape index (κ3) is 8.33. The Morgan fingerprint density at radius 2 is 1.70 bits per heavy atom. The van der Waals surface area contributed by atoms with Crippen molar-refractivity contribution < 1.29 is 39.0 Å². The van der Waals surface area contributed by atoms with E-state index < -0.39 is 72.2 Å². The van der Waals surface area contributed by atoms with E-state index in [0.717, 1.165) is 0 Å². The number of likely N-dealkylation sites (tertiary alicyclic amines) is 1. The van der Waals surface area contributed by atoms with E-state index in [2.05, 4.69) is 16.0 Å². The number of carboxylic acid groups (broad SMARTS) is 1. The van der Waals surface area contributed by atoms with Gasteiger partial charge < -0.3 is 36.8 Å². The summed E-state index contributed by atoms with van der Waals surface area (Å²) in [5.74, 6) is -4.98. The summed E-state index contributed by atoms with van der Waals surface area (Å²) in [5, 5.41) is 25.9. The van der Waals surface area contributed by atoms with Crippen LogP contribution in [0.4, 0.5) is 0 Å². The standard InChI is InChI=1S/C20H33N5O8/c1-10(2)16(18(30)23-12(20(32)33)6-7-15(21)28)24-17(29)14-5-4-8-25(14)19(31)13(9-26)22-11(3)27/h10,12-14,16,26H,4-9H2,1-3H3,(H2,21,28)(H,22,27)(H,23,30)(H,24,29)(H,32,33)/t12-,13-,14-,16-/m0/s1. The number of nitrogens with two attached hydrogens (primary N) is 1. The summed E-state index contributed by atoms with van der Waals surface area (Å²) in [4.78, 5) is 73.3. The van der Waals surface area contributed by atoms with Gasteiger partial charge in [-0.25, -0.2) is 4.79 Å². The molecular weight excluding hydrogens is 438 g/mol. The van der Waals surface area contributed by atoms with Crippen LogP contribution >= 0.6 is 0 Å². The zero-order chi connectivity index (χ0) is 25.3. The number of carbonyl (C=O) groups is 6.